The lowest BCUT2D eigenvalue weighted by atomic mass is 10.1. The summed E-state index contributed by atoms with van der Waals surface area (Å²) in [6, 6.07) is 13.9. The molecule has 0 radical (unpaired) electrons. The molecule has 0 atom stereocenters. The molecule has 1 aromatic heterocycles. The lowest BCUT2D eigenvalue weighted by Gasteiger charge is -2.00. The van der Waals surface area contributed by atoms with Crippen molar-refractivity contribution in [2.24, 2.45) is 0 Å². The van der Waals surface area contributed by atoms with Crippen molar-refractivity contribution in [2.45, 2.75) is 0 Å². The monoisotopic (exact) mass is 278 g/mol. The highest BCUT2D eigenvalue weighted by Crippen LogP contribution is 2.35. The molecule has 0 aliphatic rings. The van der Waals surface area contributed by atoms with Gasteiger partial charge in [0.05, 0.1) is 0 Å². The Bertz CT molecular complexity index is 668. The van der Waals surface area contributed by atoms with Crippen molar-refractivity contribution >= 4 is 44.6 Å². The first-order chi connectivity index (χ1) is 8.24. The molecule has 3 rings (SSSR count). The maximum absolute atomic E-state index is 5.98. The maximum atomic E-state index is 5.98. The Labute approximate surface area is 113 Å². The van der Waals surface area contributed by atoms with Crippen molar-refractivity contribution in [3.05, 3.63) is 57.9 Å². The minimum absolute atomic E-state index is 0.760. The van der Waals surface area contributed by atoms with Crippen LogP contribution in [0.15, 0.2) is 47.8 Å². The van der Waals surface area contributed by atoms with Gasteiger partial charge in [0.25, 0.3) is 0 Å². The molecule has 0 saturated heterocycles. The molecular formula is C14H8Cl2S. The second-order valence-electron chi connectivity index (χ2n) is 3.80. The predicted octanol–water partition coefficient (Wildman–Crippen LogP) is 5.88. The second-order valence-corrected chi connectivity index (χ2v) is 5.58. The van der Waals surface area contributed by atoms with Crippen LogP contribution < -0.4 is 0 Å². The standard InChI is InChI=1S/C14H8Cl2S/c15-10-3-1-9(2-4-10)13-8-17-14-7-11(16)5-6-12(13)14/h1-8H. The van der Waals surface area contributed by atoms with E-state index in [4.69, 9.17) is 23.2 Å². The van der Waals surface area contributed by atoms with Crippen LogP contribution in [0.5, 0.6) is 0 Å². The van der Waals surface area contributed by atoms with E-state index in [2.05, 4.69) is 11.4 Å². The number of rotatable bonds is 1. The Morgan fingerprint density at radius 2 is 1.53 bits per heavy atom. The summed E-state index contributed by atoms with van der Waals surface area (Å²) in [5.74, 6) is 0. The topological polar surface area (TPSA) is 0 Å². The molecule has 84 valence electrons. The fourth-order valence-corrected chi connectivity index (χ4v) is 3.23. The number of benzene rings is 2. The van der Waals surface area contributed by atoms with Gasteiger partial charge in [0.15, 0.2) is 0 Å². The van der Waals surface area contributed by atoms with Crippen molar-refractivity contribution in [1.82, 2.24) is 0 Å². The van der Waals surface area contributed by atoms with Crippen molar-refractivity contribution < 1.29 is 0 Å². The lowest BCUT2D eigenvalue weighted by Crippen LogP contribution is -1.74. The van der Waals surface area contributed by atoms with Crippen LogP contribution in [0.25, 0.3) is 21.2 Å². The lowest BCUT2D eigenvalue weighted by molar-refractivity contribution is 1.68. The van der Waals surface area contributed by atoms with Crippen LogP contribution in [0.2, 0.25) is 10.0 Å². The van der Waals surface area contributed by atoms with Crippen LogP contribution in [0, 0.1) is 0 Å². The Balaban J connectivity index is 2.21. The van der Waals surface area contributed by atoms with Gasteiger partial charge in [-0.25, -0.2) is 0 Å². The van der Waals surface area contributed by atoms with Gasteiger partial charge in [-0.15, -0.1) is 11.3 Å². The molecule has 1 heterocycles. The highest BCUT2D eigenvalue weighted by Gasteiger charge is 2.06. The van der Waals surface area contributed by atoms with E-state index in [-0.39, 0.29) is 0 Å². The zero-order chi connectivity index (χ0) is 11.8. The summed E-state index contributed by atoms with van der Waals surface area (Å²) in [6.07, 6.45) is 0. The first-order valence-electron chi connectivity index (χ1n) is 5.17. The molecule has 17 heavy (non-hydrogen) atoms. The van der Waals surface area contributed by atoms with Gasteiger partial charge in [-0.2, -0.15) is 0 Å². The number of fused-ring (bicyclic) bond motifs is 1. The van der Waals surface area contributed by atoms with Gasteiger partial charge in [0, 0.05) is 25.7 Å². The molecule has 0 N–H and O–H groups in total. The summed E-state index contributed by atoms with van der Waals surface area (Å²) < 4.78 is 1.21. The molecule has 3 heteroatoms. The molecule has 0 amide bonds. The first kappa shape index (κ1) is 11.1. The van der Waals surface area contributed by atoms with E-state index in [0.29, 0.717) is 0 Å². The smallest absolute Gasteiger partial charge is 0.0420 e. The molecule has 0 unspecified atom stereocenters. The molecule has 0 saturated carbocycles. The second kappa shape index (κ2) is 4.34. The van der Waals surface area contributed by atoms with Gasteiger partial charge in [-0.3, -0.25) is 0 Å². The molecular weight excluding hydrogens is 271 g/mol. The van der Waals surface area contributed by atoms with Crippen LogP contribution in [0.1, 0.15) is 0 Å². The first-order valence-corrected chi connectivity index (χ1v) is 6.80. The Morgan fingerprint density at radius 3 is 2.29 bits per heavy atom. The predicted molar refractivity (Wildman–Crippen MR) is 77.3 cm³/mol. The number of halogens is 2. The zero-order valence-electron chi connectivity index (χ0n) is 8.78. The van der Waals surface area contributed by atoms with Crippen LogP contribution >= 0.6 is 34.5 Å². The largest absolute Gasteiger partial charge is 0.143 e. The van der Waals surface area contributed by atoms with E-state index >= 15 is 0 Å². The Hall–Kier alpha value is -1.02. The van der Waals surface area contributed by atoms with E-state index in [9.17, 15) is 0 Å². The Morgan fingerprint density at radius 1 is 0.824 bits per heavy atom. The summed E-state index contributed by atoms with van der Waals surface area (Å²) in [5, 5.41) is 4.93. The fourth-order valence-electron chi connectivity index (χ4n) is 1.86. The quantitative estimate of drug-likeness (QED) is 0.522. The molecule has 0 aliphatic heterocycles. The minimum Gasteiger partial charge on any atom is -0.143 e. The van der Waals surface area contributed by atoms with E-state index in [1.165, 1.54) is 21.2 Å². The number of thiophene rings is 1. The highest BCUT2D eigenvalue weighted by atomic mass is 35.5. The third-order valence-electron chi connectivity index (χ3n) is 2.69. The van der Waals surface area contributed by atoms with Crippen molar-refractivity contribution in [3.8, 4) is 11.1 Å². The average Bonchev–Trinajstić information content (AvgIpc) is 2.73. The fraction of sp³-hybridized carbons (Fsp3) is 0. The summed E-state index contributed by atoms with van der Waals surface area (Å²) in [6.45, 7) is 0. The third kappa shape index (κ3) is 2.06. The zero-order valence-corrected chi connectivity index (χ0v) is 11.1. The molecule has 2 aromatic carbocycles. The molecule has 3 aromatic rings. The van der Waals surface area contributed by atoms with Gasteiger partial charge in [-0.1, -0.05) is 41.4 Å². The van der Waals surface area contributed by atoms with Gasteiger partial charge in [0.1, 0.15) is 0 Å². The van der Waals surface area contributed by atoms with Crippen LogP contribution in [0.4, 0.5) is 0 Å². The summed E-state index contributed by atoms with van der Waals surface area (Å²) in [4.78, 5) is 0. The van der Waals surface area contributed by atoms with Gasteiger partial charge in [0.2, 0.25) is 0 Å². The summed E-state index contributed by atoms with van der Waals surface area (Å²) in [5.41, 5.74) is 2.42. The van der Waals surface area contributed by atoms with Gasteiger partial charge < -0.3 is 0 Å². The van der Waals surface area contributed by atoms with E-state index < -0.39 is 0 Å². The van der Waals surface area contributed by atoms with Crippen molar-refractivity contribution in [3.63, 3.8) is 0 Å². The minimum atomic E-state index is 0.760. The molecule has 0 spiro atoms. The van der Waals surface area contributed by atoms with Gasteiger partial charge in [-0.05, 0) is 35.2 Å². The normalized spacial score (nSPS) is 10.9. The number of hydrogen-bond acceptors (Lipinski definition) is 1. The van der Waals surface area contributed by atoms with E-state index in [1.807, 2.05) is 36.4 Å². The third-order valence-corrected chi connectivity index (χ3v) is 4.13. The van der Waals surface area contributed by atoms with Crippen molar-refractivity contribution in [2.75, 3.05) is 0 Å². The molecule has 0 bridgehead atoms. The maximum Gasteiger partial charge on any atom is 0.0420 e. The van der Waals surface area contributed by atoms with E-state index in [0.717, 1.165) is 10.0 Å². The summed E-state index contributed by atoms with van der Waals surface area (Å²) >= 11 is 13.6. The summed E-state index contributed by atoms with van der Waals surface area (Å²) in [7, 11) is 0. The number of hydrogen-bond donors (Lipinski definition) is 0. The molecule has 0 aliphatic carbocycles. The van der Waals surface area contributed by atoms with E-state index in [1.54, 1.807) is 11.3 Å². The van der Waals surface area contributed by atoms with Gasteiger partial charge >= 0.3 is 0 Å². The molecule has 0 nitrogen and oxygen atoms in total. The van der Waals surface area contributed by atoms with Crippen LogP contribution in [0.3, 0.4) is 0 Å². The molecule has 0 fully saturated rings. The van der Waals surface area contributed by atoms with Crippen LogP contribution in [-0.4, -0.2) is 0 Å². The highest BCUT2D eigenvalue weighted by molar-refractivity contribution is 7.17. The van der Waals surface area contributed by atoms with Crippen LogP contribution in [-0.2, 0) is 0 Å². The average molecular weight is 279 g/mol. The van der Waals surface area contributed by atoms with Crippen molar-refractivity contribution in [1.29, 1.82) is 0 Å². The SMILES string of the molecule is Clc1ccc(-c2csc3cc(Cl)ccc23)cc1. The Kier molecular flexibility index (Phi) is 2.83.